The van der Waals surface area contributed by atoms with Crippen LogP contribution in [0.2, 0.25) is 0 Å². The zero-order valence-electron chi connectivity index (χ0n) is 11.6. The average Bonchev–Trinajstić information content (AvgIpc) is 2.86. The maximum absolute atomic E-state index is 11.5. The van der Waals surface area contributed by atoms with Crippen LogP contribution in [0.3, 0.4) is 0 Å². The number of nitrogens with one attached hydrogen (secondary N) is 1. The molecule has 0 spiro atoms. The highest BCUT2D eigenvalue weighted by Crippen LogP contribution is 2.22. The summed E-state index contributed by atoms with van der Waals surface area (Å²) in [7, 11) is 1.33. The fraction of sp³-hybridized carbons (Fsp3) is 0.200. The molecule has 0 radical (unpaired) electrons. The van der Waals surface area contributed by atoms with Crippen LogP contribution in [0, 0.1) is 18.3 Å². The molecule has 1 aromatic heterocycles. The number of methoxy groups -OCH3 is 1. The lowest BCUT2D eigenvalue weighted by Crippen LogP contribution is -2.02. The van der Waals surface area contributed by atoms with E-state index in [1.807, 2.05) is 6.07 Å². The van der Waals surface area contributed by atoms with E-state index in [9.17, 15) is 4.79 Å². The van der Waals surface area contributed by atoms with Crippen molar-refractivity contribution < 1.29 is 13.9 Å². The van der Waals surface area contributed by atoms with Crippen molar-refractivity contribution in [3.05, 3.63) is 51.4 Å². The van der Waals surface area contributed by atoms with E-state index in [1.165, 1.54) is 7.11 Å². The molecule has 2 aromatic rings. The van der Waals surface area contributed by atoms with Crippen LogP contribution in [0.25, 0.3) is 0 Å². The zero-order valence-corrected chi connectivity index (χ0v) is 13.2. The molecule has 21 heavy (non-hydrogen) atoms. The molecule has 0 bridgehead atoms. The summed E-state index contributed by atoms with van der Waals surface area (Å²) in [6.07, 6.45) is 0. The van der Waals surface area contributed by atoms with Crippen molar-refractivity contribution >= 4 is 27.6 Å². The zero-order chi connectivity index (χ0) is 15.4. The van der Waals surface area contributed by atoms with Gasteiger partial charge in [-0.2, -0.15) is 5.26 Å². The molecular weight excluding hydrogens is 336 g/mol. The molecule has 1 aromatic carbocycles. The normalized spacial score (nSPS) is 10.0. The SMILES string of the molecule is COC(=O)c1cc(CNc2ccc(Br)cc2C#N)oc1C. The van der Waals surface area contributed by atoms with Crippen LogP contribution in [-0.2, 0) is 11.3 Å². The van der Waals surface area contributed by atoms with E-state index in [0.29, 0.717) is 34.9 Å². The number of esters is 1. The summed E-state index contributed by atoms with van der Waals surface area (Å²) in [6, 6.07) is 9.14. The Hall–Kier alpha value is -2.26. The number of nitriles is 1. The van der Waals surface area contributed by atoms with Gasteiger partial charge in [0.25, 0.3) is 0 Å². The molecule has 0 aliphatic carbocycles. The Labute approximate surface area is 130 Å². The van der Waals surface area contributed by atoms with Crippen LogP contribution in [0.4, 0.5) is 5.69 Å². The van der Waals surface area contributed by atoms with Gasteiger partial charge in [0.05, 0.1) is 24.9 Å². The third-order valence-corrected chi connectivity index (χ3v) is 3.42. The Morgan fingerprint density at radius 1 is 1.48 bits per heavy atom. The lowest BCUT2D eigenvalue weighted by molar-refractivity contribution is 0.0599. The number of carbonyl (C=O) groups excluding carboxylic acids is 1. The molecule has 0 aliphatic rings. The van der Waals surface area contributed by atoms with Crippen LogP contribution >= 0.6 is 15.9 Å². The number of furan rings is 1. The first-order valence-corrected chi connectivity index (χ1v) is 6.95. The Morgan fingerprint density at radius 3 is 2.90 bits per heavy atom. The van der Waals surface area contributed by atoms with Crippen molar-refractivity contribution in [1.82, 2.24) is 0 Å². The van der Waals surface area contributed by atoms with Crippen LogP contribution < -0.4 is 5.32 Å². The molecule has 0 fully saturated rings. The fourth-order valence-corrected chi connectivity index (χ4v) is 2.25. The summed E-state index contributed by atoms with van der Waals surface area (Å²) in [6.45, 7) is 2.07. The number of hydrogen-bond acceptors (Lipinski definition) is 5. The third-order valence-electron chi connectivity index (χ3n) is 2.93. The summed E-state index contributed by atoms with van der Waals surface area (Å²) in [5.74, 6) is 0.679. The molecule has 5 nitrogen and oxygen atoms in total. The first-order valence-electron chi connectivity index (χ1n) is 6.16. The van der Waals surface area contributed by atoms with Gasteiger partial charge in [0.2, 0.25) is 0 Å². The maximum Gasteiger partial charge on any atom is 0.341 e. The van der Waals surface area contributed by atoms with Crippen molar-refractivity contribution in [2.75, 3.05) is 12.4 Å². The van der Waals surface area contributed by atoms with E-state index in [2.05, 4.69) is 32.1 Å². The van der Waals surface area contributed by atoms with Crippen LogP contribution in [0.5, 0.6) is 0 Å². The van der Waals surface area contributed by atoms with E-state index >= 15 is 0 Å². The van der Waals surface area contributed by atoms with Crippen molar-refractivity contribution in [3.63, 3.8) is 0 Å². The average molecular weight is 349 g/mol. The van der Waals surface area contributed by atoms with Gasteiger partial charge in [0, 0.05) is 4.47 Å². The minimum Gasteiger partial charge on any atom is -0.465 e. The van der Waals surface area contributed by atoms with Crippen molar-refractivity contribution in [2.24, 2.45) is 0 Å². The number of carbonyl (C=O) groups is 1. The van der Waals surface area contributed by atoms with Crippen molar-refractivity contribution in [3.8, 4) is 6.07 Å². The summed E-state index contributed by atoms with van der Waals surface area (Å²) in [4.78, 5) is 11.5. The molecule has 6 heteroatoms. The van der Waals surface area contributed by atoms with E-state index in [0.717, 1.165) is 4.47 Å². The van der Waals surface area contributed by atoms with Gasteiger partial charge in [0.15, 0.2) is 0 Å². The van der Waals surface area contributed by atoms with Crippen LogP contribution in [-0.4, -0.2) is 13.1 Å². The molecule has 0 aliphatic heterocycles. The number of ether oxygens (including phenoxy) is 1. The lowest BCUT2D eigenvalue weighted by atomic mass is 10.2. The van der Waals surface area contributed by atoms with Gasteiger partial charge in [-0.25, -0.2) is 4.79 Å². The first kappa shape index (κ1) is 15.1. The Balaban J connectivity index is 2.14. The number of nitrogens with zero attached hydrogens (tertiary/aromatic N) is 1. The topological polar surface area (TPSA) is 75.3 Å². The van der Waals surface area contributed by atoms with Crippen LogP contribution in [0.1, 0.15) is 27.4 Å². The van der Waals surface area contributed by atoms with Gasteiger partial charge in [0.1, 0.15) is 23.2 Å². The molecule has 0 unspecified atom stereocenters. The molecule has 108 valence electrons. The van der Waals surface area contributed by atoms with Gasteiger partial charge in [-0.1, -0.05) is 15.9 Å². The Kier molecular flexibility index (Phi) is 4.66. The molecule has 0 atom stereocenters. The minimum absolute atomic E-state index is 0.369. The Morgan fingerprint density at radius 2 is 2.24 bits per heavy atom. The second kappa shape index (κ2) is 6.46. The first-order chi connectivity index (χ1) is 10.0. The molecule has 0 amide bonds. The predicted molar refractivity (Wildman–Crippen MR) is 81.0 cm³/mol. The highest BCUT2D eigenvalue weighted by molar-refractivity contribution is 9.10. The number of aryl methyl sites for hydroxylation is 1. The third kappa shape index (κ3) is 3.44. The number of rotatable bonds is 4. The van der Waals surface area contributed by atoms with Crippen LogP contribution in [0.15, 0.2) is 33.2 Å². The number of hydrogen-bond donors (Lipinski definition) is 1. The van der Waals surface area contributed by atoms with E-state index < -0.39 is 5.97 Å². The van der Waals surface area contributed by atoms with Gasteiger partial charge in [-0.05, 0) is 31.2 Å². The highest BCUT2D eigenvalue weighted by atomic mass is 79.9. The van der Waals surface area contributed by atoms with Gasteiger partial charge < -0.3 is 14.5 Å². The molecular formula is C15H13BrN2O3. The summed E-state index contributed by atoms with van der Waals surface area (Å²) in [5.41, 5.74) is 1.64. The quantitative estimate of drug-likeness (QED) is 0.854. The van der Waals surface area contributed by atoms with E-state index in [1.54, 1.807) is 25.1 Å². The largest absolute Gasteiger partial charge is 0.465 e. The minimum atomic E-state index is -0.427. The second-order valence-electron chi connectivity index (χ2n) is 4.33. The maximum atomic E-state index is 11.5. The summed E-state index contributed by atoms with van der Waals surface area (Å²) < 4.78 is 11.0. The monoisotopic (exact) mass is 348 g/mol. The summed E-state index contributed by atoms with van der Waals surface area (Å²) >= 11 is 3.32. The number of anilines is 1. The molecule has 0 saturated heterocycles. The fourth-order valence-electron chi connectivity index (χ4n) is 1.89. The molecule has 1 N–H and O–H groups in total. The number of benzene rings is 1. The van der Waals surface area contributed by atoms with Gasteiger partial charge in [-0.15, -0.1) is 0 Å². The van der Waals surface area contributed by atoms with Gasteiger partial charge in [-0.3, -0.25) is 0 Å². The summed E-state index contributed by atoms with van der Waals surface area (Å²) in [5, 5.41) is 12.2. The van der Waals surface area contributed by atoms with Crippen molar-refractivity contribution in [2.45, 2.75) is 13.5 Å². The lowest BCUT2D eigenvalue weighted by Gasteiger charge is -2.06. The standard InChI is InChI=1S/C15H13BrN2O3/c1-9-13(15(19)20-2)6-12(21-9)8-18-14-4-3-11(16)5-10(14)7-17/h3-6,18H,8H2,1-2H3. The highest BCUT2D eigenvalue weighted by Gasteiger charge is 2.15. The smallest absolute Gasteiger partial charge is 0.341 e. The van der Waals surface area contributed by atoms with E-state index in [-0.39, 0.29) is 0 Å². The number of halogens is 1. The second-order valence-corrected chi connectivity index (χ2v) is 5.25. The molecule has 2 rings (SSSR count). The van der Waals surface area contributed by atoms with E-state index in [4.69, 9.17) is 9.68 Å². The van der Waals surface area contributed by atoms with Crippen molar-refractivity contribution in [1.29, 1.82) is 5.26 Å². The predicted octanol–water partition coefficient (Wildman–Crippen LogP) is 3.62. The van der Waals surface area contributed by atoms with Gasteiger partial charge >= 0.3 is 5.97 Å². The Bertz CT molecular complexity index is 716. The molecule has 0 saturated carbocycles. The molecule has 1 heterocycles.